The summed E-state index contributed by atoms with van der Waals surface area (Å²) in [4.78, 5) is 0. The summed E-state index contributed by atoms with van der Waals surface area (Å²) in [5.74, 6) is 0. The van der Waals surface area contributed by atoms with Crippen LogP contribution in [0, 0.1) is 13.8 Å². The average Bonchev–Trinajstić information content (AvgIpc) is 2.73. The Balaban J connectivity index is 2.50. The normalized spacial score (nSPS) is 19.0. The van der Waals surface area contributed by atoms with Crippen molar-refractivity contribution < 1.29 is 0 Å². The van der Waals surface area contributed by atoms with Gasteiger partial charge in [-0.25, -0.2) is 0 Å². The van der Waals surface area contributed by atoms with E-state index in [1.807, 2.05) is 0 Å². The summed E-state index contributed by atoms with van der Waals surface area (Å²) in [5.41, 5.74) is 10.1. The molecule has 0 saturated heterocycles. The summed E-state index contributed by atoms with van der Waals surface area (Å²) in [6.45, 7) is 4.98. The zero-order valence-corrected chi connectivity index (χ0v) is 10.9. The predicted octanol–water partition coefficient (Wildman–Crippen LogP) is 3.73. The van der Waals surface area contributed by atoms with Crippen molar-refractivity contribution in [1.29, 1.82) is 0 Å². The topological polar surface area (TPSA) is 26.0 Å². The molecular weight excluding hydrogens is 218 g/mol. The van der Waals surface area contributed by atoms with Crippen LogP contribution in [0.2, 0.25) is 5.02 Å². The van der Waals surface area contributed by atoms with Gasteiger partial charge in [0.15, 0.2) is 0 Å². The zero-order chi connectivity index (χ0) is 11.8. The lowest BCUT2D eigenvalue weighted by molar-refractivity contribution is 0.450. The summed E-state index contributed by atoms with van der Waals surface area (Å²) >= 11 is 6.24. The number of nitrogens with two attached hydrogens (primary N) is 1. The number of aryl methyl sites for hydroxylation is 2. The molecule has 1 nitrogen and oxygen atoms in total. The maximum atomic E-state index is 6.24. The molecule has 16 heavy (non-hydrogen) atoms. The minimum atomic E-state index is 0.196. The first-order chi connectivity index (χ1) is 7.59. The Hall–Kier alpha value is -0.530. The zero-order valence-electron chi connectivity index (χ0n) is 10.1. The summed E-state index contributed by atoms with van der Waals surface area (Å²) in [5, 5.41) is 0.875. The van der Waals surface area contributed by atoms with E-state index in [2.05, 4.69) is 26.0 Å². The van der Waals surface area contributed by atoms with E-state index in [0.717, 1.165) is 17.1 Å². The molecule has 1 aromatic rings. The van der Waals surface area contributed by atoms with E-state index in [-0.39, 0.29) is 5.41 Å². The molecule has 0 heterocycles. The van der Waals surface area contributed by atoms with Crippen molar-refractivity contribution >= 4 is 11.6 Å². The van der Waals surface area contributed by atoms with Crippen molar-refractivity contribution in [1.82, 2.24) is 0 Å². The molecule has 2 N–H and O–H groups in total. The molecule has 0 spiro atoms. The number of hydrogen-bond acceptors (Lipinski definition) is 1. The van der Waals surface area contributed by atoms with E-state index < -0.39 is 0 Å². The number of benzene rings is 1. The first kappa shape index (κ1) is 11.9. The monoisotopic (exact) mass is 237 g/mol. The van der Waals surface area contributed by atoms with Gasteiger partial charge in [-0.2, -0.15) is 0 Å². The molecule has 0 bridgehead atoms. The quantitative estimate of drug-likeness (QED) is 0.834. The summed E-state index contributed by atoms with van der Waals surface area (Å²) < 4.78 is 0. The van der Waals surface area contributed by atoms with Crippen LogP contribution in [0.3, 0.4) is 0 Å². The Labute approximate surface area is 103 Å². The first-order valence-electron chi connectivity index (χ1n) is 6.06. The van der Waals surface area contributed by atoms with Crippen molar-refractivity contribution in [2.75, 3.05) is 6.54 Å². The van der Waals surface area contributed by atoms with Gasteiger partial charge in [0, 0.05) is 17.0 Å². The van der Waals surface area contributed by atoms with Gasteiger partial charge in [-0.1, -0.05) is 30.5 Å². The molecule has 2 rings (SSSR count). The van der Waals surface area contributed by atoms with Gasteiger partial charge in [-0.05, 0) is 49.4 Å². The average molecular weight is 238 g/mol. The highest BCUT2D eigenvalue weighted by Crippen LogP contribution is 2.42. The largest absolute Gasteiger partial charge is 0.330 e. The second-order valence-corrected chi connectivity index (χ2v) is 5.52. The van der Waals surface area contributed by atoms with Crippen molar-refractivity contribution in [2.24, 2.45) is 5.73 Å². The van der Waals surface area contributed by atoms with E-state index in [4.69, 9.17) is 17.3 Å². The van der Waals surface area contributed by atoms with Crippen LogP contribution in [0.5, 0.6) is 0 Å². The van der Waals surface area contributed by atoms with Crippen LogP contribution in [0.15, 0.2) is 12.1 Å². The number of halogens is 1. The third kappa shape index (κ3) is 1.87. The Bertz CT molecular complexity index is 392. The van der Waals surface area contributed by atoms with E-state index in [9.17, 15) is 0 Å². The minimum absolute atomic E-state index is 0.196. The molecular formula is C14H20ClN. The number of rotatable bonds is 2. The molecule has 2 heteroatoms. The molecule has 0 radical (unpaired) electrons. The van der Waals surface area contributed by atoms with Crippen molar-refractivity contribution in [3.8, 4) is 0 Å². The molecule has 1 aliphatic carbocycles. The highest BCUT2D eigenvalue weighted by molar-refractivity contribution is 6.31. The van der Waals surface area contributed by atoms with E-state index in [1.54, 1.807) is 0 Å². The van der Waals surface area contributed by atoms with Crippen LogP contribution in [0.4, 0.5) is 0 Å². The second-order valence-electron chi connectivity index (χ2n) is 5.11. The molecule has 0 atom stereocenters. The first-order valence-corrected chi connectivity index (χ1v) is 6.44. The Morgan fingerprint density at radius 1 is 1.19 bits per heavy atom. The molecule has 88 valence electrons. The third-order valence-electron chi connectivity index (χ3n) is 4.03. The van der Waals surface area contributed by atoms with E-state index in [0.29, 0.717) is 0 Å². The van der Waals surface area contributed by atoms with Crippen LogP contribution in [0.25, 0.3) is 0 Å². The standard InChI is InChI=1S/C14H20ClN/c1-10-7-11(2)13(15)8-12(10)14(9-16)5-3-4-6-14/h7-8H,3-6,9,16H2,1-2H3. The van der Waals surface area contributed by atoms with Crippen molar-refractivity contribution in [3.05, 3.63) is 33.8 Å². The Kier molecular flexibility index (Phi) is 3.27. The van der Waals surface area contributed by atoms with Gasteiger partial charge in [0.25, 0.3) is 0 Å². The Morgan fingerprint density at radius 2 is 1.81 bits per heavy atom. The van der Waals surface area contributed by atoms with Gasteiger partial charge in [-0.3, -0.25) is 0 Å². The smallest absolute Gasteiger partial charge is 0.0438 e. The summed E-state index contributed by atoms with van der Waals surface area (Å²) in [6, 6.07) is 4.33. The SMILES string of the molecule is Cc1cc(C)c(C2(CN)CCCC2)cc1Cl. The maximum Gasteiger partial charge on any atom is 0.0438 e. The lowest BCUT2D eigenvalue weighted by Crippen LogP contribution is -2.32. The van der Waals surface area contributed by atoms with Gasteiger partial charge < -0.3 is 5.73 Å². The predicted molar refractivity (Wildman–Crippen MR) is 70.1 cm³/mol. The molecule has 1 saturated carbocycles. The molecule has 0 amide bonds. The minimum Gasteiger partial charge on any atom is -0.330 e. The van der Waals surface area contributed by atoms with Crippen LogP contribution >= 0.6 is 11.6 Å². The van der Waals surface area contributed by atoms with Crippen molar-refractivity contribution in [3.63, 3.8) is 0 Å². The van der Waals surface area contributed by atoms with Gasteiger partial charge in [0.05, 0.1) is 0 Å². The van der Waals surface area contributed by atoms with Crippen LogP contribution in [-0.2, 0) is 5.41 Å². The lowest BCUT2D eigenvalue weighted by Gasteiger charge is -2.30. The van der Waals surface area contributed by atoms with E-state index >= 15 is 0 Å². The fourth-order valence-electron chi connectivity index (χ4n) is 3.03. The second kappa shape index (κ2) is 4.38. The molecule has 1 fully saturated rings. The fraction of sp³-hybridized carbons (Fsp3) is 0.571. The summed E-state index contributed by atoms with van der Waals surface area (Å²) in [7, 11) is 0. The molecule has 1 aliphatic rings. The maximum absolute atomic E-state index is 6.24. The number of hydrogen-bond donors (Lipinski definition) is 1. The highest BCUT2D eigenvalue weighted by atomic mass is 35.5. The molecule has 0 aromatic heterocycles. The molecule has 0 aliphatic heterocycles. The van der Waals surface area contributed by atoms with Crippen LogP contribution < -0.4 is 5.73 Å². The molecule has 1 aromatic carbocycles. The lowest BCUT2D eigenvalue weighted by atomic mass is 9.76. The van der Waals surface area contributed by atoms with Crippen molar-refractivity contribution in [2.45, 2.75) is 44.9 Å². The van der Waals surface area contributed by atoms with E-state index in [1.165, 1.54) is 36.8 Å². The third-order valence-corrected chi connectivity index (χ3v) is 4.44. The van der Waals surface area contributed by atoms with Crippen LogP contribution in [-0.4, -0.2) is 6.54 Å². The van der Waals surface area contributed by atoms with Gasteiger partial charge >= 0.3 is 0 Å². The van der Waals surface area contributed by atoms with Gasteiger partial charge in [-0.15, -0.1) is 0 Å². The summed E-state index contributed by atoms with van der Waals surface area (Å²) in [6.07, 6.45) is 5.01. The highest BCUT2D eigenvalue weighted by Gasteiger charge is 2.35. The Morgan fingerprint density at radius 3 is 2.38 bits per heavy atom. The van der Waals surface area contributed by atoms with Crippen LogP contribution in [0.1, 0.15) is 42.4 Å². The van der Waals surface area contributed by atoms with Gasteiger partial charge in [0.2, 0.25) is 0 Å². The van der Waals surface area contributed by atoms with Gasteiger partial charge in [0.1, 0.15) is 0 Å². The fourth-order valence-corrected chi connectivity index (χ4v) is 3.20. The molecule has 0 unspecified atom stereocenters.